The first-order chi connectivity index (χ1) is 12.8. The van der Waals surface area contributed by atoms with E-state index in [9.17, 15) is 18.0 Å². The Morgan fingerprint density at radius 3 is 2.44 bits per heavy atom. The summed E-state index contributed by atoms with van der Waals surface area (Å²) in [6.07, 6.45) is -4.81. The molecule has 2 rings (SSSR count). The van der Waals surface area contributed by atoms with Crippen molar-refractivity contribution in [3.8, 4) is 5.75 Å². The summed E-state index contributed by atoms with van der Waals surface area (Å²) in [7, 11) is 0. The van der Waals surface area contributed by atoms with Gasteiger partial charge in [0, 0.05) is 12.1 Å². The number of alkyl halides is 3. The molecule has 2 aromatic rings. The van der Waals surface area contributed by atoms with Gasteiger partial charge in [0.05, 0.1) is 12.2 Å². The van der Waals surface area contributed by atoms with Crippen LogP contribution in [0.1, 0.15) is 22.8 Å². The van der Waals surface area contributed by atoms with Crippen LogP contribution in [0.4, 0.5) is 18.9 Å². The van der Waals surface area contributed by atoms with E-state index in [2.05, 4.69) is 20.4 Å². The number of nitrogens with two attached hydrogens (primary N) is 1. The third-order valence-corrected chi connectivity index (χ3v) is 3.36. The van der Waals surface area contributed by atoms with E-state index in [0.717, 1.165) is 5.56 Å². The molecule has 1 amide bonds. The van der Waals surface area contributed by atoms with Crippen LogP contribution in [0.15, 0.2) is 53.5 Å². The molecule has 9 heteroatoms. The van der Waals surface area contributed by atoms with Crippen LogP contribution in [0.2, 0.25) is 0 Å². The fourth-order valence-corrected chi connectivity index (χ4v) is 2.16. The average Bonchev–Trinajstić information content (AvgIpc) is 2.61. The highest BCUT2D eigenvalue weighted by Gasteiger charge is 2.32. The Labute approximate surface area is 154 Å². The molecule has 0 unspecified atom stereocenters. The number of aliphatic imine (C=N–C) groups is 1. The second kappa shape index (κ2) is 8.93. The summed E-state index contributed by atoms with van der Waals surface area (Å²) in [5.41, 5.74) is 7.09. The molecule has 0 heterocycles. The van der Waals surface area contributed by atoms with Gasteiger partial charge in [0.15, 0.2) is 11.7 Å². The van der Waals surface area contributed by atoms with Crippen molar-refractivity contribution in [3.05, 3.63) is 59.7 Å². The van der Waals surface area contributed by atoms with Gasteiger partial charge in [-0.1, -0.05) is 24.3 Å². The minimum Gasteiger partial charge on any atom is -0.404 e. The summed E-state index contributed by atoms with van der Waals surface area (Å²) in [5, 5.41) is 5.28. The first-order valence-electron chi connectivity index (χ1n) is 8.07. The predicted octanol–water partition coefficient (Wildman–Crippen LogP) is 3.26. The third kappa shape index (κ3) is 6.53. The van der Waals surface area contributed by atoms with Gasteiger partial charge in [-0.15, -0.1) is 13.2 Å². The highest BCUT2D eigenvalue weighted by atomic mass is 19.4. The first-order valence-corrected chi connectivity index (χ1v) is 8.07. The maximum Gasteiger partial charge on any atom is 0.573 e. The Morgan fingerprint density at radius 2 is 1.81 bits per heavy atom. The number of halogens is 3. The van der Waals surface area contributed by atoms with E-state index in [0.29, 0.717) is 12.1 Å². The minimum atomic E-state index is -4.81. The van der Waals surface area contributed by atoms with Gasteiger partial charge in [0.1, 0.15) is 0 Å². The second-order valence-electron chi connectivity index (χ2n) is 5.43. The number of amides is 1. The van der Waals surface area contributed by atoms with Crippen LogP contribution in [0.25, 0.3) is 0 Å². The van der Waals surface area contributed by atoms with E-state index in [1.54, 1.807) is 30.3 Å². The minimum absolute atomic E-state index is 0.0441. The van der Waals surface area contributed by atoms with Gasteiger partial charge in [-0.25, -0.2) is 4.99 Å². The molecule has 0 spiro atoms. The number of nitrogens with one attached hydrogen (secondary N) is 2. The Hall–Kier alpha value is -3.23. The van der Waals surface area contributed by atoms with Crippen molar-refractivity contribution in [2.75, 3.05) is 11.9 Å². The van der Waals surface area contributed by atoms with Crippen LogP contribution < -0.4 is 21.1 Å². The zero-order chi connectivity index (χ0) is 19.9. The van der Waals surface area contributed by atoms with E-state index in [1.807, 2.05) is 6.92 Å². The number of ether oxygens (including phenoxy) is 1. The van der Waals surface area contributed by atoms with Crippen LogP contribution in [0.3, 0.4) is 0 Å². The highest BCUT2D eigenvalue weighted by Crippen LogP contribution is 2.29. The number of nitrogens with zero attached hydrogens (tertiary/aromatic N) is 1. The first kappa shape index (κ1) is 20.1. The summed E-state index contributed by atoms with van der Waals surface area (Å²) in [6.45, 7) is 2.55. The molecule has 0 aliphatic rings. The molecule has 0 atom stereocenters. The molecule has 0 fully saturated rings. The number of carbonyl (C=O) groups excluding carboxylic acids is 1. The van der Waals surface area contributed by atoms with Crippen LogP contribution in [0.5, 0.6) is 5.75 Å². The molecule has 0 radical (unpaired) electrons. The van der Waals surface area contributed by atoms with Crippen molar-refractivity contribution in [2.45, 2.75) is 19.8 Å². The fourth-order valence-electron chi connectivity index (χ4n) is 2.16. The normalized spacial score (nSPS) is 11.8. The molecule has 144 valence electrons. The largest absolute Gasteiger partial charge is 0.573 e. The van der Waals surface area contributed by atoms with Crippen molar-refractivity contribution >= 4 is 17.6 Å². The molecule has 6 nitrogen and oxygen atoms in total. The number of hydrogen-bond donors (Lipinski definition) is 3. The molecule has 0 aliphatic heterocycles. The Bertz CT molecular complexity index is 805. The number of carbonyl (C=O) groups is 1. The van der Waals surface area contributed by atoms with E-state index in [1.165, 1.54) is 18.2 Å². The van der Waals surface area contributed by atoms with Crippen molar-refractivity contribution in [1.29, 1.82) is 0 Å². The molecule has 0 saturated heterocycles. The standard InChI is InChI=1S/C18H19F3N4O2/c1-2-23-16(26)13-9-7-12(8-10-13)11-24-17(22)25-14-5-3-4-6-15(14)27-18(19,20)21/h3-10H,2,11H2,1H3,(H,23,26)(H3,22,24,25). The van der Waals surface area contributed by atoms with Crippen molar-refractivity contribution in [3.63, 3.8) is 0 Å². The summed E-state index contributed by atoms with van der Waals surface area (Å²) < 4.78 is 41.2. The summed E-state index contributed by atoms with van der Waals surface area (Å²) in [5.74, 6) is -0.648. The number of hydrogen-bond acceptors (Lipinski definition) is 3. The smallest absolute Gasteiger partial charge is 0.404 e. The van der Waals surface area contributed by atoms with Crippen molar-refractivity contribution in [1.82, 2.24) is 5.32 Å². The molecule has 0 bridgehead atoms. The summed E-state index contributed by atoms with van der Waals surface area (Å²) in [6, 6.07) is 12.3. The maximum absolute atomic E-state index is 12.4. The zero-order valence-electron chi connectivity index (χ0n) is 14.5. The average molecular weight is 380 g/mol. The van der Waals surface area contributed by atoms with Crippen molar-refractivity contribution in [2.24, 2.45) is 10.7 Å². The lowest BCUT2D eigenvalue weighted by Gasteiger charge is -2.14. The van der Waals surface area contributed by atoms with Crippen LogP contribution in [-0.2, 0) is 6.54 Å². The molecular weight excluding hydrogens is 361 g/mol. The Balaban J connectivity index is 2.02. The van der Waals surface area contributed by atoms with E-state index < -0.39 is 12.1 Å². The SMILES string of the molecule is CCNC(=O)c1ccc(CN=C(N)Nc2ccccc2OC(F)(F)F)cc1. The molecule has 27 heavy (non-hydrogen) atoms. The number of anilines is 1. The lowest BCUT2D eigenvalue weighted by molar-refractivity contribution is -0.274. The lowest BCUT2D eigenvalue weighted by atomic mass is 10.1. The molecule has 4 N–H and O–H groups in total. The van der Waals surface area contributed by atoms with Crippen LogP contribution >= 0.6 is 0 Å². The molecule has 0 aromatic heterocycles. The summed E-state index contributed by atoms with van der Waals surface area (Å²) in [4.78, 5) is 15.8. The monoisotopic (exact) mass is 380 g/mol. The zero-order valence-corrected chi connectivity index (χ0v) is 14.5. The molecular formula is C18H19F3N4O2. The lowest BCUT2D eigenvalue weighted by Crippen LogP contribution is -2.24. The second-order valence-corrected chi connectivity index (χ2v) is 5.43. The Kier molecular flexibility index (Phi) is 6.64. The molecule has 0 aliphatic carbocycles. The van der Waals surface area contributed by atoms with Crippen LogP contribution in [-0.4, -0.2) is 24.8 Å². The highest BCUT2D eigenvalue weighted by molar-refractivity contribution is 5.94. The quantitative estimate of drug-likeness (QED) is 0.530. The predicted molar refractivity (Wildman–Crippen MR) is 96.5 cm³/mol. The van der Waals surface area contributed by atoms with Gasteiger partial charge in [0.2, 0.25) is 0 Å². The van der Waals surface area contributed by atoms with E-state index >= 15 is 0 Å². The Morgan fingerprint density at radius 1 is 1.15 bits per heavy atom. The van der Waals surface area contributed by atoms with Gasteiger partial charge < -0.3 is 21.1 Å². The van der Waals surface area contributed by atoms with Gasteiger partial charge in [-0.3, -0.25) is 4.79 Å². The maximum atomic E-state index is 12.4. The number of rotatable bonds is 6. The van der Waals surface area contributed by atoms with Crippen molar-refractivity contribution < 1.29 is 22.7 Å². The van der Waals surface area contributed by atoms with E-state index in [-0.39, 0.29) is 24.1 Å². The number of benzene rings is 2. The van der Waals surface area contributed by atoms with Gasteiger partial charge in [0.25, 0.3) is 5.91 Å². The fraction of sp³-hybridized carbons (Fsp3) is 0.222. The third-order valence-electron chi connectivity index (χ3n) is 3.36. The van der Waals surface area contributed by atoms with Gasteiger partial charge in [-0.2, -0.15) is 0 Å². The van der Waals surface area contributed by atoms with Gasteiger partial charge >= 0.3 is 6.36 Å². The molecule has 2 aromatic carbocycles. The van der Waals surface area contributed by atoms with Crippen LogP contribution in [0, 0.1) is 0 Å². The molecule has 0 saturated carbocycles. The van der Waals surface area contributed by atoms with Gasteiger partial charge in [-0.05, 0) is 36.8 Å². The summed E-state index contributed by atoms with van der Waals surface area (Å²) >= 11 is 0. The topological polar surface area (TPSA) is 88.7 Å². The van der Waals surface area contributed by atoms with E-state index in [4.69, 9.17) is 5.73 Å². The number of para-hydroxylation sites is 2. The number of guanidine groups is 1.